The van der Waals surface area contributed by atoms with Crippen LogP contribution < -0.4 is 5.56 Å². The van der Waals surface area contributed by atoms with Gasteiger partial charge in [-0.3, -0.25) is 9.36 Å². The highest BCUT2D eigenvalue weighted by molar-refractivity contribution is 7.98. The van der Waals surface area contributed by atoms with Gasteiger partial charge in [0.1, 0.15) is 4.83 Å². The second kappa shape index (κ2) is 9.48. The van der Waals surface area contributed by atoms with Crippen molar-refractivity contribution >= 4 is 33.3 Å². The standard InChI is InChI=1S/C18H28N2OS2/c1-4-6-7-8-9-10-11-12-20-17(21)15-13-14(5-2)23-16(15)19-18(20)22-3/h13H,4-12H2,1-3H3. The highest BCUT2D eigenvalue weighted by Gasteiger charge is 2.13. The van der Waals surface area contributed by atoms with Gasteiger partial charge in [-0.2, -0.15) is 0 Å². The zero-order chi connectivity index (χ0) is 16.7. The zero-order valence-corrected chi connectivity index (χ0v) is 16.2. The molecule has 0 bridgehead atoms. The summed E-state index contributed by atoms with van der Waals surface area (Å²) in [6.07, 6.45) is 11.8. The Hall–Kier alpha value is -0.810. The average Bonchev–Trinajstić information content (AvgIpc) is 2.99. The van der Waals surface area contributed by atoms with Crippen molar-refractivity contribution in [2.24, 2.45) is 0 Å². The van der Waals surface area contributed by atoms with E-state index in [2.05, 4.69) is 13.8 Å². The molecule has 0 radical (unpaired) electrons. The summed E-state index contributed by atoms with van der Waals surface area (Å²) in [7, 11) is 0. The third kappa shape index (κ3) is 4.83. The lowest BCUT2D eigenvalue weighted by molar-refractivity contribution is 0.516. The monoisotopic (exact) mass is 352 g/mol. The van der Waals surface area contributed by atoms with E-state index in [0.29, 0.717) is 0 Å². The molecule has 0 aromatic carbocycles. The van der Waals surface area contributed by atoms with E-state index < -0.39 is 0 Å². The number of hydrogen-bond donors (Lipinski definition) is 0. The minimum Gasteiger partial charge on any atom is -0.287 e. The van der Waals surface area contributed by atoms with Crippen LogP contribution >= 0.6 is 23.1 Å². The maximum atomic E-state index is 12.8. The van der Waals surface area contributed by atoms with Crippen LogP contribution in [-0.2, 0) is 13.0 Å². The minimum absolute atomic E-state index is 0.140. The minimum atomic E-state index is 0.140. The maximum absolute atomic E-state index is 12.8. The predicted octanol–water partition coefficient (Wildman–Crippen LogP) is 5.49. The van der Waals surface area contributed by atoms with E-state index in [4.69, 9.17) is 4.98 Å². The molecule has 0 saturated heterocycles. The van der Waals surface area contributed by atoms with E-state index in [1.807, 2.05) is 16.9 Å². The second-order valence-corrected chi connectivity index (χ2v) is 7.85. The van der Waals surface area contributed by atoms with E-state index in [0.717, 1.165) is 34.8 Å². The first-order valence-electron chi connectivity index (χ1n) is 8.78. The van der Waals surface area contributed by atoms with E-state index in [-0.39, 0.29) is 5.56 Å². The lowest BCUT2D eigenvalue weighted by Gasteiger charge is -2.10. The normalized spacial score (nSPS) is 11.4. The van der Waals surface area contributed by atoms with Crippen molar-refractivity contribution in [3.63, 3.8) is 0 Å². The first-order chi connectivity index (χ1) is 11.2. The van der Waals surface area contributed by atoms with Gasteiger partial charge in [-0.05, 0) is 25.2 Å². The number of thioether (sulfide) groups is 1. The molecular formula is C18H28N2OS2. The van der Waals surface area contributed by atoms with Gasteiger partial charge in [0.2, 0.25) is 0 Å². The van der Waals surface area contributed by atoms with Gasteiger partial charge in [-0.1, -0.05) is 64.1 Å². The third-order valence-electron chi connectivity index (χ3n) is 4.18. The Balaban J connectivity index is 2.04. The fraction of sp³-hybridized carbons (Fsp3) is 0.667. The number of aromatic nitrogens is 2. The summed E-state index contributed by atoms with van der Waals surface area (Å²) in [4.78, 5) is 19.6. The molecule has 0 aliphatic carbocycles. The molecule has 0 aliphatic heterocycles. The van der Waals surface area contributed by atoms with E-state index in [1.54, 1.807) is 23.1 Å². The first-order valence-corrected chi connectivity index (χ1v) is 10.8. The van der Waals surface area contributed by atoms with Crippen LogP contribution in [0.15, 0.2) is 16.0 Å². The maximum Gasteiger partial charge on any atom is 0.262 e. The van der Waals surface area contributed by atoms with Crippen LogP contribution in [0, 0.1) is 0 Å². The molecule has 23 heavy (non-hydrogen) atoms. The van der Waals surface area contributed by atoms with Crippen LogP contribution in [0.3, 0.4) is 0 Å². The van der Waals surface area contributed by atoms with Crippen LogP contribution in [0.1, 0.15) is 63.7 Å². The molecule has 0 fully saturated rings. The van der Waals surface area contributed by atoms with Gasteiger partial charge in [-0.15, -0.1) is 11.3 Å². The van der Waals surface area contributed by atoms with Crippen LogP contribution in [-0.4, -0.2) is 15.8 Å². The molecule has 0 aliphatic rings. The summed E-state index contributed by atoms with van der Waals surface area (Å²) >= 11 is 3.23. The van der Waals surface area contributed by atoms with Crippen molar-refractivity contribution in [3.8, 4) is 0 Å². The van der Waals surface area contributed by atoms with E-state index >= 15 is 0 Å². The number of unbranched alkanes of at least 4 members (excludes halogenated alkanes) is 6. The van der Waals surface area contributed by atoms with Crippen molar-refractivity contribution in [1.82, 2.24) is 9.55 Å². The van der Waals surface area contributed by atoms with Gasteiger partial charge in [0.15, 0.2) is 5.16 Å². The fourth-order valence-corrected chi connectivity index (χ4v) is 4.39. The van der Waals surface area contributed by atoms with Crippen molar-refractivity contribution in [3.05, 3.63) is 21.3 Å². The molecule has 0 amide bonds. The molecule has 0 N–H and O–H groups in total. The number of fused-ring (bicyclic) bond motifs is 1. The van der Waals surface area contributed by atoms with Gasteiger partial charge in [0.25, 0.3) is 5.56 Å². The number of thiophene rings is 1. The lowest BCUT2D eigenvalue weighted by Crippen LogP contribution is -2.22. The van der Waals surface area contributed by atoms with Crippen LogP contribution in [0.4, 0.5) is 0 Å². The summed E-state index contributed by atoms with van der Waals surface area (Å²) in [5.41, 5.74) is 0.140. The smallest absolute Gasteiger partial charge is 0.262 e. The summed E-state index contributed by atoms with van der Waals surface area (Å²) in [5, 5.41) is 1.66. The van der Waals surface area contributed by atoms with Crippen molar-refractivity contribution in [1.29, 1.82) is 0 Å². The lowest BCUT2D eigenvalue weighted by atomic mass is 10.1. The van der Waals surface area contributed by atoms with Gasteiger partial charge >= 0.3 is 0 Å². The Bertz CT molecular complexity index is 675. The summed E-state index contributed by atoms with van der Waals surface area (Å²) in [5.74, 6) is 0. The van der Waals surface area contributed by atoms with Crippen LogP contribution in [0.5, 0.6) is 0 Å². The highest BCUT2D eigenvalue weighted by Crippen LogP contribution is 2.24. The molecule has 2 rings (SSSR count). The highest BCUT2D eigenvalue weighted by atomic mass is 32.2. The van der Waals surface area contributed by atoms with E-state index in [9.17, 15) is 4.79 Å². The van der Waals surface area contributed by atoms with Gasteiger partial charge in [0, 0.05) is 11.4 Å². The Morgan fingerprint density at radius 3 is 2.48 bits per heavy atom. The van der Waals surface area contributed by atoms with Gasteiger partial charge in [-0.25, -0.2) is 4.98 Å². The van der Waals surface area contributed by atoms with Crippen molar-refractivity contribution in [2.45, 2.75) is 76.9 Å². The summed E-state index contributed by atoms with van der Waals surface area (Å²) in [6.45, 7) is 5.16. The molecule has 0 atom stereocenters. The quantitative estimate of drug-likeness (QED) is 0.322. The number of aryl methyl sites for hydroxylation is 1. The Morgan fingerprint density at radius 2 is 1.83 bits per heavy atom. The van der Waals surface area contributed by atoms with Gasteiger partial charge < -0.3 is 0 Å². The zero-order valence-electron chi connectivity index (χ0n) is 14.6. The SMILES string of the molecule is CCCCCCCCCn1c(SC)nc2sc(CC)cc2c1=O. The molecule has 2 aromatic heterocycles. The fourth-order valence-electron chi connectivity index (χ4n) is 2.80. The van der Waals surface area contributed by atoms with E-state index in [1.165, 1.54) is 43.4 Å². The molecule has 0 spiro atoms. The summed E-state index contributed by atoms with van der Waals surface area (Å²) in [6, 6.07) is 2.03. The average molecular weight is 353 g/mol. The van der Waals surface area contributed by atoms with Crippen molar-refractivity contribution < 1.29 is 0 Å². The second-order valence-electron chi connectivity index (χ2n) is 5.96. The molecule has 128 valence electrons. The molecule has 0 saturated carbocycles. The third-order valence-corrected chi connectivity index (χ3v) is 6.03. The molecule has 2 heterocycles. The number of rotatable bonds is 10. The first kappa shape index (κ1) is 18.5. The Kier molecular flexibility index (Phi) is 7.63. The molecule has 0 unspecified atom stereocenters. The summed E-state index contributed by atoms with van der Waals surface area (Å²) < 4.78 is 1.88. The molecule has 2 aromatic rings. The Labute approximate surface area is 147 Å². The van der Waals surface area contributed by atoms with Gasteiger partial charge in [0.05, 0.1) is 5.39 Å². The van der Waals surface area contributed by atoms with Crippen molar-refractivity contribution in [2.75, 3.05) is 6.26 Å². The van der Waals surface area contributed by atoms with Crippen LogP contribution in [0.25, 0.3) is 10.2 Å². The number of nitrogens with zero attached hydrogens (tertiary/aromatic N) is 2. The molecule has 5 heteroatoms. The molecule has 3 nitrogen and oxygen atoms in total. The topological polar surface area (TPSA) is 34.9 Å². The van der Waals surface area contributed by atoms with Crippen LogP contribution in [0.2, 0.25) is 0 Å². The largest absolute Gasteiger partial charge is 0.287 e. The number of hydrogen-bond acceptors (Lipinski definition) is 4. The predicted molar refractivity (Wildman–Crippen MR) is 103 cm³/mol. The Morgan fingerprint density at radius 1 is 1.13 bits per heavy atom. The molecular weight excluding hydrogens is 324 g/mol.